The van der Waals surface area contributed by atoms with Gasteiger partial charge < -0.3 is 5.32 Å². The molecular weight excluding hydrogens is 227 g/mol. The molecule has 0 saturated heterocycles. The van der Waals surface area contributed by atoms with Crippen molar-refractivity contribution in [2.24, 2.45) is 0 Å². The van der Waals surface area contributed by atoms with Crippen molar-refractivity contribution in [3.05, 3.63) is 60.2 Å². The third kappa shape index (κ3) is 3.00. The number of hydrogen-bond acceptors (Lipinski definition) is 1. The first-order chi connectivity index (χ1) is 8.05. The normalized spacial score (nSPS) is 11.2. The molecule has 0 unspecified atom stereocenters. The standard InChI is InChI=1S/C13H10F3N/c14-13(15,16)10-6-8-12(9-7-10)17-11-4-2-1-3-5-11/h1-9,17H. The predicted octanol–water partition coefficient (Wildman–Crippen LogP) is 4.45. The lowest BCUT2D eigenvalue weighted by molar-refractivity contribution is -0.137. The molecule has 0 aliphatic rings. The van der Waals surface area contributed by atoms with Crippen molar-refractivity contribution in [1.29, 1.82) is 0 Å². The highest BCUT2D eigenvalue weighted by molar-refractivity contribution is 5.59. The zero-order valence-corrected chi connectivity index (χ0v) is 8.83. The summed E-state index contributed by atoms with van der Waals surface area (Å²) in [5.41, 5.74) is 0.826. The Labute approximate surface area is 96.9 Å². The van der Waals surface area contributed by atoms with Gasteiger partial charge >= 0.3 is 6.18 Å². The number of alkyl halides is 3. The summed E-state index contributed by atoms with van der Waals surface area (Å²) in [5, 5.41) is 3.02. The van der Waals surface area contributed by atoms with E-state index < -0.39 is 11.7 Å². The summed E-state index contributed by atoms with van der Waals surface area (Å²) in [7, 11) is 0. The molecule has 0 fully saturated rings. The van der Waals surface area contributed by atoms with Gasteiger partial charge in [0.1, 0.15) is 0 Å². The van der Waals surface area contributed by atoms with Crippen LogP contribution < -0.4 is 5.32 Å². The Balaban J connectivity index is 2.14. The van der Waals surface area contributed by atoms with Crippen molar-refractivity contribution in [2.75, 3.05) is 5.32 Å². The van der Waals surface area contributed by atoms with Crippen LogP contribution >= 0.6 is 0 Å². The van der Waals surface area contributed by atoms with Crippen LogP contribution in [0.2, 0.25) is 0 Å². The maximum atomic E-state index is 12.3. The largest absolute Gasteiger partial charge is 0.416 e. The first-order valence-electron chi connectivity index (χ1n) is 5.05. The lowest BCUT2D eigenvalue weighted by Gasteiger charge is -2.09. The second-order valence-electron chi connectivity index (χ2n) is 3.57. The highest BCUT2D eigenvalue weighted by Crippen LogP contribution is 2.30. The number of hydrogen-bond donors (Lipinski definition) is 1. The van der Waals surface area contributed by atoms with Crippen molar-refractivity contribution in [3.8, 4) is 0 Å². The Kier molecular flexibility index (Phi) is 3.04. The molecule has 88 valence electrons. The molecule has 0 atom stereocenters. The predicted molar refractivity (Wildman–Crippen MR) is 61.2 cm³/mol. The maximum absolute atomic E-state index is 12.3. The van der Waals surface area contributed by atoms with Gasteiger partial charge in [-0.15, -0.1) is 0 Å². The van der Waals surface area contributed by atoms with Gasteiger partial charge in [0.15, 0.2) is 0 Å². The quantitative estimate of drug-likeness (QED) is 0.813. The summed E-state index contributed by atoms with van der Waals surface area (Å²) < 4.78 is 37.0. The van der Waals surface area contributed by atoms with Crippen LogP contribution in [-0.2, 0) is 6.18 Å². The monoisotopic (exact) mass is 237 g/mol. The number of benzene rings is 2. The highest BCUT2D eigenvalue weighted by Gasteiger charge is 2.29. The third-order valence-corrected chi connectivity index (χ3v) is 2.27. The molecule has 0 spiro atoms. The average molecular weight is 237 g/mol. The molecule has 2 aromatic rings. The van der Waals surface area contributed by atoms with E-state index in [-0.39, 0.29) is 0 Å². The van der Waals surface area contributed by atoms with Crippen LogP contribution in [0, 0.1) is 0 Å². The molecule has 0 amide bonds. The minimum absolute atomic E-state index is 0.629. The number of para-hydroxylation sites is 1. The molecule has 0 saturated carbocycles. The number of anilines is 2. The van der Waals surface area contributed by atoms with Gasteiger partial charge in [-0.1, -0.05) is 18.2 Å². The Morgan fingerprint density at radius 2 is 1.24 bits per heavy atom. The minimum atomic E-state index is -4.29. The van der Waals surface area contributed by atoms with Crippen LogP contribution in [0.5, 0.6) is 0 Å². The molecule has 0 bridgehead atoms. The minimum Gasteiger partial charge on any atom is -0.356 e. The number of halogens is 3. The fourth-order valence-electron chi connectivity index (χ4n) is 1.43. The van der Waals surface area contributed by atoms with E-state index in [0.717, 1.165) is 17.8 Å². The number of nitrogens with one attached hydrogen (secondary N) is 1. The van der Waals surface area contributed by atoms with Gasteiger partial charge in [-0.3, -0.25) is 0 Å². The fourth-order valence-corrected chi connectivity index (χ4v) is 1.43. The lowest BCUT2D eigenvalue weighted by atomic mass is 10.2. The summed E-state index contributed by atoms with van der Waals surface area (Å²) in [5.74, 6) is 0. The molecule has 1 nitrogen and oxygen atoms in total. The Morgan fingerprint density at radius 1 is 0.706 bits per heavy atom. The van der Waals surface area contributed by atoms with Crippen LogP contribution in [0.1, 0.15) is 5.56 Å². The van der Waals surface area contributed by atoms with Gasteiger partial charge in [0.05, 0.1) is 5.56 Å². The van der Waals surface area contributed by atoms with Gasteiger partial charge in [0, 0.05) is 11.4 Å². The molecule has 2 rings (SSSR count). The summed E-state index contributed by atoms with van der Waals surface area (Å²) in [6.07, 6.45) is -4.29. The van der Waals surface area contributed by atoms with Crippen molar-refractivity contribution in [3.63, 3.8) is 0 Å². The van der Waals surface area contributed by atoms with E-state index in [4.69, 9.17) is 0 Å². The molecule has 4 heteroatoms. The zero-order chi connectivity index (χ0) is 12.3. The first-order valence-corrected chi connectivity index (χ1v) is 5.05. The van der Waals surface area contributed by atoms with Crippen molar-refractivity contribution in [2.45, 2.75) is 6.18 Å². The third-order valence-electron chi connectivity index (χ3n) is 2.27. The van der Waals surface area contributed by atoms with Gasteiger partial charge in [-0.2, -0.15) is 13.2 Å². The fraction of sp³-hybridized carbons (Fsp3) is 0.0769. The lowest BCUT2D eigenvalue weighted by Crippen LogP contribution is -2.04. The molecule has 17 heavy (non-hydrogen) atoms. The van der Waals surface area contributed by atoms with E-state index in [1.54, 1.807) is 0 Å². The molecule has 0 radical (unpaired) electrons. The van der Waals surface area contributed by atoms with E-state index in [1.165, 1.54) is 12.1 Å². The van der Waals surface area contributed by atoms with Crippen LogP contribution in [-0.4, -0.2) is 0 Å². The Morgan fingerprint density at radius 3 is 1.76 bits per heavy atom. The molecule has 0 aliphatic carbocycles. The maximum Gasteiger partial charge on any atom is 0.416 e. The van der Waals surface area contributed by atoms with Crippen LogP contribution in [0.3, 0.4) is 0 Å². The van der Waals surface area contributed by atoms with Gasteiger partial charge in [0.2, 0.25) is 0 Å². The molecular formula is C13H10F3N. The van der Waals surface area contributed by atoms with Gasteiger partial charge in [0.25, 0.3) is 0 Å². The van der Waals surface area contributed by atoms with Crippen molar-refractivity contribution < 1.29 is 13.2 Å². The molecule has 2 aromatic carbocycles. The summed E-state index contributed by atoms with van der Waals surface area (Å²) in [6, 6.07) is 14.2. The first kappa shape index (κ1) is 11.5. The SMILES string of the molecule is FC(F)(F)c1ccc(Nc2ccccc2)cc1. The van der Waals surface area contributed by atoms with E-state index in [1.807, 2.05) is 30.3 Å². The summed E-state index contributed by atoms with van der Waals surface area (Å²) in [6.45, 7) is 0. The Bertz CT molecular complexity index is 474. The van der Waals surface area contributed by atoms with Crippen LogP contribution in [0.15, 0.2) is 54.6 Å². The smallest absolute Gasteiger partial charge is 0.356 e. The molecule has 1 N–H and O–H groups in total. The topological polar surface area (TPSA) is 12.0 Å². The summed E-state index contributed by atoms with van der Waals surface area (Å²) >= 11 is 0. The zero-order valence-electron chi connectivity index (χ0n) is 8.83. The van der Waals surface area contributed by atoms with E-state index >= 15 is 0 Å². The number of rotatable bonds is 2. The molecule has 0 aliphatic heterocycles. The second kappa shape index (κ2) is 4.49. The average Bonchev–Trinajstić information content (AvgIpc) is 2.30. The van der Waals surface area contributed by atoms with Gasteiger partial charge in [-0.25, -0.2) is 0 Å². The van der Waals surface area contributed by atoms with E-state index in [2.05, 4.69) is 5.32 Å². The highest BCUT2D eigenvalue weighted by atomic mass is 19.4. The molecule has 0 aromatic heterocycles. The van der Waals surface area contributed by atoms with Crippen molar-refractivity contribution in [1.82, 2.24) is 0 Å². The summed E-state index contributed by atoms with van der Waals surface area (Å²) in [4.78, 5) is 0. The van der Waals surface area contributed by atoms with E-state index in [0.29, 0.717) is 5.69 Å². The van der Waals surface area contributed by atoms with Crippen molar-refractivity contribution >= 4 is 11.4 Å². The van der Waals surface area contributed by atoms with Gasteiger partial charge in [-0.05, 0) is 36.4 Å². The second-order valence-corrected chi connectivity index (χ2v) is 3.57. The van der Waals surface area contributed by atoms with Crippen LogP contribution in [0.25, 0.3) is 0 Å². The Hall–Kier alpha value is -1.97. The van der Waals surface area contributed by atoms with Crippen LogP contribution in [0.4, 0.5) is 24.5 Å². The van der Waals surface area contributed by atoms with E-state index in [9.17, 15) is 13.2 Å². The molecule has 0 heterocycles.